The van der Waals surface area contributed by atoms with E-state index in [1.165, 1.54) is 40.7 Å². The number of rotatable bonds is 4. The molecule has 0 spiro atoms. The van der Waals surface area contributed by atoms with Crippen LogP contribution in [0.25, 0.3) is 11.1 Å². The molecule has 1 saturated heterocycles. The fourth-order valence-electron chi connectivity index (χ4n) is 4.57. The van der Waals surface area contributed by atoms with Crippen molar-refractivity contribution in [1.82, 2.24) is 9.88 Å². The molecule has 5 rings (SSSR count). The zero-order valence-corrected chi connectivity index (χ0v) is 16.8. The molecule has 29 heavy (non-hydrogen) atoms. The van der Waals surface area contributed by atoms with Crippen molar-refractivity contribution in [1.29, 1.82) is 0 Å². The minimum absolute atomic E-state index is 0.436. The third kappa shape index (κ3) is 3.73. The number of hydrogen-bond acceptors (Lipinski definition) is 4. The minimum Gasteiger partial charge on any atom is -0.486 e. The molecule has 3 aromatic rings. The van der Waals surface area contributed by atoms with E-state index >= 15 is 0 Å². The fraction of sp³-hybridized carbons (Fsp3) is 0.320. The van der Waals surface area contributed by atoms with Crippen LogP contribution in [0.15, 0.2) is 60.9 Å². The molecule has 0 unspecified atom stereocenters. The third-order valence-electron chi connectivity index (χ3n) is 5.98. The van der Waals surface area contributed by atoms with Gasteiger partial charge < -0.3 is 9.47 Å². The molecule has 4 heteroatoms. The van der Waals surface area contributed by atoms with Gasteiger partial charge >= 0.3 is 0 Å². The largest absolute Gasteiger partial charge is 0.486 e. The summed E-state index contributed by atoms with van der Waals surface area (Å²) >= 11 is 0. The Hall–Kier alpha value is -2.85. The van der Waals surface area contributed by atoms with Gasteiger partial charge in [0.15, 0.2) is 11.5 Å². The van der Waals surface area contributed by atoms with Crippen LogP contribution in [0.2, 0.25) is 0 Å². The molecule has 1 fully saturated rings. The Kier molecular flexibility index (Phi) is 4.94. The van der Waals surface area contributed by atoms with Crippen LogP contribution in [-0.2, 0) is 6.54 Å². The molecule has 0 bridgehead atoms. The van der Waals surface area contributed by atoms with Crippen molar-refractivity contribution in [3.63, 3.8) is 0 Å². The van der Waals surface area contributed by atoms with E-state index in [1.54, 1.807) is 0 Å². The van der Waals surface area contributed by atoms with E-state index in [1.807, 2.05) is 12.4 Å². The van der Waals surface area contributed by atoms with Crippen molar-refractivity contribution in [2.75, 3.05) is 19.8 Å². The second kappa shape index (κ2) is 7.88. The highest BCUT2D eigenvalue weighted by Crippen LogP contribution is 2.38. The van der Waals surface area contributed by atoms with E-state index < -0.39 is 0 Å². The lowest BCUT2D eigenvalue weighted by atomic mass is 9.98. The average Bonchev–Trinajstić information content (AvgIpc) is 3.22. The van der Waals surface area contributed by atoms with Gasteiger partial charge in [0.1, 0.15) is 13.2 Å². The van der Waals surface area contributed by atoms with Crippen molar-refractivity contribution < 1.29 is 9.47 Å². The lowest BCUT2D eigenvalue weighted by Gasteiger charge is -2.27. The van der Waals surface area contributed by atoms with Crippen molar-refractivity contribution >= 4 is 0 Å². The summed E-state index contributed by atoms with van der Waals surface area (Å²) in [5, 5.41) is 0. The van der Waals surface area contributed by atoms with Gasteiger partial charge in [-0.15, -0.1) is 0 Å². The van der Waals surface area contributed by atoms with Gasteiger partial charge in [0.2, 0.25) is 0 Å². The van der Waals surface area contributed by atoms with Crippen molar-refractivity contribution in [2.24, 2.45) is 0 Å². The standard InChI is InChI=1S/C25H26N2O2/c1-18-15-19(4-6-22(18)20-8-10-26-11-9-20)17-27-12-2-3-23(27)21-5-7-24-25(16-21)29-14-13-28-24/h4-11,15-16,23H,2-3,12-14,17H2,1H3/t23-/m1/s1. The maximum Gasteiger partial charge on any atom is 0.161 e. The first kappa shape index (κ1) is 18.2. The molecule has 0 aliphatic carbocycles. The third-order valence-corrected chi connectivity index (χ3v) is 5.98. The quantitative estimate of drug-likeness (QED) is 0.620. The zero-order chi connectivity index (χ0) is 19.6. The van der Waals surface area contributed by atoms with E-state index in [9.17, 15) is 0 Å². The topological polar surface area (TPSA) is 34.6 Å². The first-order valence-electron chi connectivity index (χ1n) is 10.4. The number of fused-ring (bicyclic) bond motifs is 1. The molecular formula is C25H26N2O2. The molecule has 1 aromatic heterocycles. The number of aryl methyl sites for hydroxylation is 1. The normalized spacial score (nSPS) is 18.7. The number of likely N-dealkylation sites (tertiary alicyclic amines) is 1. The molecule has 3 heterocycles. The average molecular weight is 386 g/mol. The first-order valence-corrected chi connectivity index (χ1v) is 10.4. The molecule has 2 aliphatic rings. The Labute approximate surface area is 172 Å². The lowest BCUT2D eigenvalue weighted by molar-refractivity contribution is 0.170. The van der Waals surface area contributed by atoms with E-state index in [4.69, 9.17) is 9.47 Å². The Morgan fingerprint density at radius 2 is 1.79 bits per heavy atom. The Morgan fingerprint density at radius 3 is 2.62 bits per heavy atom. The monoisotopic (exact) mass is 386 g/mol. The summed E-state index contributed by atoms with van der Waals surface area (Å²) in [5.41, 5.74) is 6.51. The van der Waals surface area contributed by atoms with Crippen LogP contribution in [0.4, 0.5) is 0 Å². The van der Waals surface area contributed by atoms with Gasteiger partial charge in [-0.3, -0.25) is 9.88 Å². The van der Waals surface area contributed by atoms with Crippen molar-refractivity contribution in [3.05, 3.63) is 77.6 Å². The van der Waals surface area contributed by atoms with Gasteiger partial charge in [-0.05, 0) is 78.4 Å². The number of aromatic nitrogens is 1. The Morgan fingerprint density at radius 1 is 0.966 bits per heavy atom. The highest BCUT2D eigenvalue weighted by Gasteiger charge is 2.27. The molecule has 4 nitrogen and oxygen atoms in total. The fourth-order valence-corrected chi connectivity index (χ4v) is 4.57. The van der Waals surface area contributed by atoms with Crippen LogP contribution in [0.5, 0.6) is 11.5 Å². The number of pyridine rings is 1. The molecule has 148 valence electrons. The van der Waals surface area contributed by atoms with Crippen LogP contribution in [0.1, 0.15) is 35.6 Å². The van der Waals surface area contributed by atoms with Gasteiger partial charge in [0, 0.05) is 25.0 Å². The summed E-state index contributed by atoms with van der Waals surface area (Å²) in [6.07, 6.45) is 6.12. The maximum atomic E-state index is 5.80. The second-order valence-electron chi connectivity index (χ2n) is 7.92. The molecule has 2 aliphatic heterocycles. The van der Waals surface area contributed by atoms with Crippen molar-refractivity contribution in [2.45, 2.75) is 32.4 Å². The molecular weight excluding hydrogens is 360 g/mol. The van der Waals surface area contributed by atoms with Gasteiger partial charge in [-0.25, -0.2) is 0 Å². The smallest absolute Gasteiger partial charge is 0.161 e. The van der Waals surface area contributed by atoms with Gasteiger partial charge in [0.05, 0.1) is 0 Å². The predicted octanol–water partition coefficient (Wildman–Crippen LogP) is 5.17. The summed E-state index contributed by atoms with van der Waals surface area (Å²) in [6, 6.07) is 17.9. The summed E-state index contributed by atoms with van der Waals surface area (Å²) in [4.78, 5) is 6.72. The second-order valence-corrected chi connectivity index (χ2v) is 7.92. The first-order chi connectivity index (χ1) is 14.3. The summed E-state index contributed by atoms with van der Waals surface area (Å²) in [5.74, 6) is 1.75. The number of nitrogens with zero attached hydrogens (tertiary/aromatic N) is 2. The Balaban J connectivity index is 1.35. The highest BCUT2D eigenvalue weighted by molar-refractivity contribution is 5.67. The molecule has 2 aromatic carbocycles. The van der Waals surface area contributed by atoms with E-state index in [2.05, 4.69) is 65.3 Å². The van der Waals surface area contributed by atoms with E-state index in [-0.39, 0.29) is 0 Å². The van der Waals surface area contributed by atoms with Crippen LogP contribution in [0.3, 0.4) is 0 Å². The van der Waals surface area contributed by atoms with Gasteiger partial charge in [-0.1, -0.05) is 24.3 Å². The summed E-state index contributed by atoms with van der Waals surface area (Å²) in [6.45, 7) is 5.56. The van der Waals surface area contributed by atoms with E-state index in [0.717, 1.165) is 24.6 Å². The maximum absolute atomic E-state index is 5.80. The SMILES string of the molecule is Cc1cc(CN2CCC[C@@H]2c2ccc3c(c2)OCCO3)ccc1-c1ccncc1. The molecule has 0 amide bonds. The zero-order valence-electron chi connectivity index (χ0n) is 16.8. The molecule has 0 radical (unpaired) electrons. The van der Waals surface area contributed by atoms with Crippen LogP contribution < -0.4 is 9.47 Å². The summed E-state index contributed by atoms with van der Waals surface area (Å²) < 4.78 is 11.5. The van der Waals surface area contributed by atoms with E-state index in [0.29, 0.717) is 19.3 Å². The van der Waals surface area contributed by atoms with Crippen LogP contribution in [-0.4, -0.2) is 29.6 Å². The van der Waals surface area contributed by atoms with Crippen LogP contribution >= 0.6 is 0 Å². The van der Waals surface area contributed by atoms with Crippen molar-refractivity contribution in [3.8, 4) is 22.6 Å². The number of benzene rings is 2. The highest BCUT2D eigenvalue weighted by atomic mass is 16.6. The van der Waals surface area contributed by atoms with Crippen LogP contribution in [0, 0.1) is 6.92 Å². The minimum atomic E-state index is 0.436. The lowest BCUT2D eigenvalue weighted by Crippen LogP contribution is -2.23. The number of ether oxygens (including phenoxy) is 2. The summed E-state index contributed by atoms with van der Waals surface area (Å²) in [7, 11) is 0. The van der Waals surface area contributed by atoms with Gasteiger partial charge in [0.25, 0.3) is 0 Å². The molecule has 1 atom stereocenters. The Bertz CT molecular complexity index is 1000. The van der Waals surface area contributed by atoms with Gasteiger partial charge in [-0.2, -0.15) is 0 Å². The predicted molar refractivity (Wildman–Crippen MR) is 114 cm³/mol. The number of hydrogen-bond donors (Lipinski definition) is 0. The molecule has 0 N–H and O–H groups in total. The molecule has 0 saturated carbocycles.